The Balaban J connectivity index is 1.65. The topological polar surface area (TPSA) is 120 Å². The Kier molecular flexibility index (Phi) is 6.20. The van der Waals surface area contributed by atoms with Crippen LogP contribution < -0.4 is 21.9 Å². The molecule has 0 unspecified atom stereocenters. The number of aryl methyl sites for hydroxylation is 1. The minimum atomic E-state index is -0.729. The molecule has 1 aliphatic rings. The summed E-state index contributed by atoms with van der Waals surface area (Å²) in [7, 11) is 0. The molecule has 3 amide bonds. The molecule has 32 heavy (non-hydrogen) atoms. The average molecular weight is 438 g/mol. The number of fused-ring (bicyclic) bond motifs is 1. The Bertz CT molecular complexity index is 1250. The van der Waals surface area contributed by atoms with E-state index in [1.54, 1.807) is 4.57 Å². The summed E-state index contributed by atoms with van der Waals surface area (Å²) in [5.41, 5.74) is 0.0965. The maximum absolute atomic E-state index is 13.2. The van der Waals surface area contributed by atoms with Crippen LogP contribution in [0.4, 0.5) is 4.79 Å². The minimum absolute atomic E-state index is 0.0453. The second kappa shape index (κ2) is 9.21. The maximum atomic E-state index is 13.2. The molecule has 0 bridgehead atoms. The summed E-state index contributed by atoms with van der Waals surface area (Å²) in [6.45, 7) is 1.97. The molecule has 0 atom stereocenters. The van der Waals surface area contributed by atoms with Gasteiger partial charge < -0.3 is 9.88 Å². The highest BCUT2D eigenvalue weighted by Crippen LogP contribution is 2.17. The third kappa shape index (κ3) is 4.34. The van der Waals surface area contributed by atoms with Gasteiger partial charge in [-0.25, -0.2) is 19.1 Å². The predicted molar refractivity (Wildman–Crippen MR) is 118 cm³/mol. The van der Waals surface area contributed by atoms with Gasteiger partial charge in [0, 0.05) is 12.6 Å². The maximum Gasteiger partial charge on any atom is 0.333 e. The number of benzene rings is 1. The number of hydrogen-bond acceptors (Lipinski definition) is 5. The van der Waals surface area contributed by atoms with Gasteiger partial charge in [-0.15, -0.1) is 0 Å². The van der Waals surface area contributed by atoms with Gasteiger partial charge >= 0.3 is 11.7 Å². The lowest BCUT2D eigenvalue weighted by Gasteiger charge is -2.14. The summed E-state index contributed by atoms with van der Waals surface area (Å²) in [4.78, 5) is 55.2. The molecular weight excluding hydrogens is 412 g/mol. The van der Waals surface area contributed by atoms with E-state index >= 15 is 0 Å². The highest BCUT2D eigenvalue weighted by atomic mass is 16.2. The summed E-state index contributed by atoms with van der Waals surface area (Å²) in [5.74, 6) is -0.729. The molecule has 4 rings (SSSR count). The van der Waals surface area contributed by atoms with Crippen LogP contribution in [0.2, 0.25) is 0 Å². The van der Waals surface area contributed by atoms with Crippen molar-refractivity contribution in [3.05, 3.63) is 63.1 Å². The molecule has 1 fully saturated rings. The van der Waals surface area contributed by atoms with Gasteiger partial charge in [-0.1, -0.05) is 43.2 Å². The molecule has 1 aromatic carbocycles. The second-order valence-electron chi connectivity index (χ2n) is 7.95. The van der Waals surface area contributed by atoms with Crippen molar-refractivity contribution in [2.24, 2.45) is 0 Å². The van der Waals surface area contributed by atoms with E-state index in [-0.39, 0.29) is 23.8 Å². The van der Waals surface area contributed by atoms with Gasteiger partial charge in [0.1, 0.15) is 6.54 Å². The molecule has 2 heterocycles. The standard InChI is InChI=1S/C22H26N6O4/c1-2-26-14-23-19-18(26)20(30)28(22(32)27(19)12-15-8-4-3-5-9-15)13-17(29)25-21(31)24-16-10-6-7-11-16/h3-5,8-9,14,16H,2,6-7,10-13H2,1H3,(H2,24,25,29,31). The Morgan fingerprint density at radius 2 is 1.81 bits per heavy atom. The van der Waals surface area contributed by atoms with Crippen LogP contribution in [-0.2, 0) is 24.4 Å². The SMILES string of the molecule is CCn1cnc2c1c(=O)n(CC(=O)NC(=O)NC1CCCC1)c(=O)n2Cc1ccccc1. The van der Waals surface area contributed by atoms with Crippen molar-refractivity contribution in [1.29, 1.82) is 0 Å². The van der Waals surface area contributed by atoms with Crippen molar-refractivity contribution in [2.45, 2.75) is 58.3 Å². The first kappa shape index (κ1) is 21.5. The third-order valence-electron chi connectivity index (χ3n) is 5.75. The van der Waals surface area contributed by atoms with Crippen molar-refractivity contribution >= 4 is 23.1 Å². The Hall–Kier alpha value is -3.69. The van der Waals surface area contributed by atoms with E-state index < -0.39 is 29.7 Å². The molecule has 0 spiro atoms. The normalized spacial score (nSPS) is 14.0. The first-order valence-electron chi connectivity index (χ1n) is 10.8. The van der Waals surface area contributed by atoms with Crippen LogP contribution in [0, 0.1) is 0 Å². The predicted octanol–water partition coefficient (Wildman–Crippen LogP) is 1.20. The number of imide groups is 1. The molecule has 2 aromatic heterocycles. The third-order valence-corrected chi connectivity index (χ3v) is 5.75. The number of carbonyl (C=O) groups is 2. The fraction of sp³-hybridized carbons (Fsp3) is 0.409. The van der Waals surface area contributed by atoms with E-state index in [2.05, 4.69) is 15.6 Å². The number of imidazole rings is 1. The average Bonchev–Trinajstić information content (AvgIpc) is 3.44. The van der Waals surface area contributed by atoms with Crippen LogP contribution in [-0.4, -0.2) is 36.7 Å². The monoisotopic (exact) mass is 438 g/mol. The van der Waals surface area contributed by atoms with E-state index in [0.717, 1.165) is 35.8 Å². The van der Waals surface area contributed by atoms with Crippen molar-refractivity contribution in [1.82, 2.24) is 29.3 Å². The lowest BCUT2D eigenvalue weighted by Crippen LogP contribution is -2.48. The molecule has 0 aliphatic heterocycles. The number of nitrogens with one attached hydrogen (secondary N) is 2. The number of hydrogen-bond donors (Lipinski definition) is 2. The van der Waals surface area contributed by atoms with Crippen molar-refractivity contribution in [3.63, 3.8) is 0 Å². The summed E-state index contributed by atoms with van der Waals surface area (Å²) in [6, 6.07) is 8.75. The molecule has 168 valence electrons. The quantitative estimate of drug-likeness (QED) is 0.599. The van der Waals surface area contributed by atoms with Crippen molar-refractivity contribution in [2.75, 3.05) is 0 Å². The summed E-state index contributed by atoms with van der Waals surface area (Å²) >= 11 is 0. The smallest absolute Gasteiger partial charge is 0.333 e. The fourth-order valence-corrected chi connectivity index (χ4v) is 4.13. The lowest BCUT2D eigenvalue weighted by atomic mass is 10.2. The molecule has 1 aliphatic carbocycles. The molecule has 0 radical (unpaired) electrons. The number of rotatable bonds is 6. The van der Waals surface area contributed by atoms with Gasteiger partial charge in [0.25, 0.3) is 5.56 Å². The highest BCUT2D eigenvalue weighted by Gasteiger charge is 2.22. The molecule has 3 aromatic rings. The number of urea groups is 1. The van der Waals surface area contributed by atoms with E-state index in [1.807, 2.05) is 37.3 Å². The number of nitrogens with zero attached hydrogens (tertiary/aromatic N) is 4. The van der Waals surface area contributed by atoms with Crippen LogP contribution in [0.15, 0.2) is 46.2 Å². The van der Waals surface area contributed by atoms with Crippen molar-refractivity contribution < 1.29 is 9.59 Å². The van der Waals surface area contributed by atoms with Crippen LogP contribution in [0.3, 0.4) is 0 Å². The van der Waals surface area contributed by atoms with E-state index in [9.17, 15) is 19.2 Å². The molecule has 1 saturated carbocycles. The van der Waals surface area contributed by atoms with E-state index in [0.29, 0.717) is 6.54 Å². The first-order valence-corrected chi connectivity index (χ1v) is 10.8. The summed E-state index contributed by atoms with van der Waals surface area (Å²) in [6.07, 6.45) is 5.35. The number of aromatic nitrogens is 4. The largest absolute Gasteiger partial charge is 0.335 e. The second-order valence-corrected chi connectivity index (χ2v) is 7.95. The number of amides is 3. The van der Waals surface area contributed by atoms with Gasteiger partial charge in [0.2, 0.25) is 5.91 Å². The lowest BCUT2D eigenvalue weighted by molar-refractivity contribution is -0.120. The zero-order valence-corrected chi connectivity index (χ0v) is 17.9. The van der Waals surface area contributed by atoms with Crippen molar-refractivity contribution in [3.8, 4) is 0 Å². The molecule has 2 N–H and O–H groups in total. The van der Waals surface area contributed by atoms with E-state index in [1.165, 1.54) is 10.9 Å². The Morgan fingerprint density at radius 1 is 1.09 bits per heavy atom. The summed E-state index contributed by atoms with van der Waals surface area (Å²) in [5, 5.41) is 4.99. The molecule has 10 heteroatoms. The van der Waals surface area contributed by atoms with Crippen LogP contribution in [0.25, 0.3) is 11.2 Å². The van der Waals surface area contributed by atoms with Gasteiger partial charge in [-0.3, -0.25) is 19.5 Å². The Morgan fingerprint density at radius 3 is 2.50 bits per heavy atom. The Labute approximate surface area is 183 Å². The van der Waals surface area contributed by atoms with Gasteiger partial charge in [-0.05, 0) is 25.3 Å². The minimum Gasteiger partial charge on any atom is -0.335 e. The molecule has 10 nitrogen and oxygen atoms in total. The van der Waals surface area contributed by atoms with Crippen LogP contribution in [0.1, 0.15) is 38.2 Å². The zero-order chi connectivity index (χ0) is 22.7. The zero-order valence-electron chi connectivity index (χ0n) is 17.9. The highest BCUT2D eigenvalue weighted by molar-refractivity contribution is 5.94. The van der Waals surface area contributed by atoms with Gasteiger partial charge in [0.05, 0.1) is 12.9 Å². The number of carbonyl (C=O) groups excluding carboxylic acids is 2. The van der Waals surface area contributed by atoms with Gasteiger partial charge in [-0.2, -0.15) is 0 Å². The van der Waals surface area contributed by atoms with Gasteiger partial charge in [0.15, 0.2) is 11.2 Å². The molecule has 0 saturated heterocycles. The summed E-state index contributed by atoms with van der Waals surface area (Å²) < 4.78 is 3.88. The van der Waals surface area contributed by atoms with E-state index in [4.69, 9.17) is 0 Å². The van der Waals surface area contributed by atoms with Crippen LogP contribution >= 0.6 is 0 Å². The fourth-order valence-electron chi connectivity index (χ4n) is 4.13. The van der Waals surface area contributed by atoms with Crippen LogP contribution in [0.5, 0.6) is 0 Å². The molecular formula is C22H26N6O4. The first-order chi connectivity index (χ1) is 15.5.